The lowest BCUT2D eigenvalue weighted by Crippen LogP contribution is -2.41. The minimum Gasteiger partial charge on any atom is -0.378 e. The molecule has 1 fully saturated rings. The standard InChI is InChI=1S/C15H16O2/c1-3-5-6-7-9-15(17)12-10-14(16,8-4-2)11-13-15/h3,16-17H,1,10-13H2,2H3. The molecule has 0 spiro atoms. The summed E-state index contributed by atoms with van der Waals surface area (Å²) >= 11 is 0. The van der Waals surface area contributed by atoms with Gasteiger partial charge in [-0.25, -0.2) is 0 Å². The van der Waals surface area contributed by atoms with Crippen molar-refractivity contribution < 1.29 is 10.2 Å². The van der Waals surface area contributed by atoms with E-state index in [2.05, 4.69) is 42.1 Å². The molecule has 0 saturated heterocycles. The molecular formula is C15H16O2. The number of hydrogen-bond donors (Lipinski definition) is 2. The van der Waals surface area contributed by atoms with Crippen molar-refractivity contribution in [2.75, 3.05) is 0 Å². The molecule has 0 heterocycles. The van der Waals surface area contributed by atoms with Gasteiger partial charge in [-0.2, -0.15) is 0 Å². The first kappa shape index (κ1) is 13.4. The summed E-state index contributed by atoms with van der Waals surface area (Å²) < 4.78 is 0. The third-order valence-corrected chi connectivity index (χ3v) is 2.79. The van der Waals surface area contributed by atoms with E-state index in [-0.39, 0.29) is 0 Å². The van der Waals surface area contributed by atoms with Crippen LogP contribution in [0.4, 0.5) is 0 Å². The lowest BCUT2D eigenvalue weighted by Gasteiger charge is -2.35. The highest BCUT2D eigenvalue weighted by Gasteiger charge is 2.38. The summed E-state index contributed by atoms with van der Waals surface area (Å²) in [5, 5.41) is 20.2. The van der Waals surface area contributed by atoms with Gasteiger partial charge in [-0.15, -0.1) is 5.92 Å². The highest BCUT2D eigenvalue weighted by atomic mass is 16.3. The zero-order valence-electron chi connectivity index (χ0n) is 10.0. The minimum absolute atomic E-state index is 0.418. The Labute approximate surface area is 103 Å². The number of hydrogen-bond acceptors (Lipinski definition) is 2. The molecule has 0 aromatic carbocycles. The molecule has 1 saturated carbocycles. The SMILES string of the molecule is C=CC#CC#CC1(O)CCC(O)(C#CC)CC1. The second kappa shape index (κ2) is 5.60. The summed E-state index contributed by atoms with van der Waals surface area (Å²) in [4.78, 5) is 0. The fourth-order valence-electron chi connectivity index (χ4n) is 1.79. The van der Waals surface area contributed by atoms with Crippen LogP contribution in [-0.2, 0) is 0 Å². The van der Waals surface area contributed by atoms with Crippen molar-refractivity contribution in [1.82, 2.24) is 0 Å². The first-order chi connectivity index (χ1) is 8.04. The first-order valence-corrected chi connectivity index (χ1v) is 5.56. The maximum Gasteiger partial charge on any atom is 0.126 e. The molecular weight excluding hydrogens is 212 g/mol. The molecule has 0 bridgehead atoms. The molecule has 1 aliphatic carbocycles. The summed E-state index contributed by atoms with van der Waals surface area (Å²) in [5.41, 5.74) is -2.01. The largest absolute Gasteiger partial charge is 0.378 e. The van der Waals surface area contributed by atoms with Crippen molar-refractivity contribution in [2.45, 2.75) is 43.8 Å². The zero-order chi connectivity index (χ0) is 12.8. The molecule has 0 aromatic heterocycles. The molecule has 17 heavy (non-hydrogen) atoms. The van der Waals surface area contributed by atoms with Crippen LogP contribution in [0, 0.1) is 35.5 Å². The predicted molar refractivity (Wildman–Crippen MR) is 67.6 cm³/mol. The van der Waals surface area contributed by atoms with Gasteiger partial charge in [0.05, 0.1) is 0 Å². The van der Waals surface area contributed by atoms with Crippen molar-refractivity contribution in [3.63, 3.8) is 0 Å². The Morgan fingerprint density at radius 1 is 1.00 bits per heavy atom. The summed E-state index contributed by atoms with van der Waals surface area (Å²) in [6.07, 6.45) is 3.17. The zero-order valence-corrected chi connectivity index (χ0v) is 10.0. The number of aliphatic hydroxyl groups is 2. The molecule has 0 aliphatic heterocycles. The number of rotatable bonds is 0. The van der Waals surface area contributed by atoms with E-state index in [0.29, 0.717) is 25.7 Å². The molecule has 1 rings (SSSR count). The van der Waals surface area contributed by atoms with Gasteiger partial charge < -0.3 is 10.2 Å². The smallest absolute Gasteiger partial charge is 0.126 e. The van der Waals surface area contributed by atoms with Crippen LogP contribution >= 0.6 is 0 Å². The van der Waals surface area contributed by atoms with Crippen molar-refractivity contribution in [1.29, 1.82) is 0 Å². The molecule has 0 radical (unpaired) electrons. The summed E-state index contributed by atoms with van der Waals surface area (Å²) in [5.74, 6) is 16.0. The third-order valence-electron chi connectivity index (χ3n) is 2.79. The monoisotopic (exact) mass is 228 g/mol. The normalized spacial score (nSPS) is 30.8. The van der Waals surface area contributed by atoms with Crippen LogP contribution in [0.15, 0.2) is 12.7 Å². The third kappa shape index (κ3) is 4.01. The van der Waals surface area contributed by atoms with E-state index in [4.69, 9.17) is 0 Å². The van der Waals surface area contributed by atoms with Gasteiger partial charge in [0.15, 0.2) is 0 Å². The van der Waals surface area contributed by atoms with Crippen LogP contribution in [0.5, 0.6) is 0 Å². The molecule has 0 atom stereocenters. The maximum absolute atomic E-state index is 10.1. The van der Waals surface area contributed by atoms with Crippen LogP contribution in [0.25, 0.3) is 0 Å². The second-order valence-electron chi connectivity index (χ2n) is 4.16. The quantitative estimate of drug-likeness (QED) is 0.612. The highest BCUT2D eigenvalue weighted by Crippen LogP contribution is 2.34. The Kier molecular flexibility index (Phi) is 4.42. The molecule has 1 aliphatic rings. The van der Waals surface area contributed by atoms with Crippen LogP contribution in [0.1, 0.15) is 32.6 Å². The van der Waals surface area contributed by atoms with E-state index in [1.165, 1.54) is 6.08 Å². The molecule has 2 heteroatoms. The first-order valence-electron chi connectivity index (χ1n) is 5.56. The fourth-order valence-corrected chi connectivity index (χ4v) is 1.79. The Morgan fingerprint density at radius 3 is 2.00 bits per heavy atom. The van der Waals surface area contributed by atoms with E-state index >= 15 is 0 Å². The van der Waals surface area contributed by atoms with Crippen LogP contribution in [0.3, 0.4) is 0 Å². The summed E-state index contributed by atoms with van der Waals surface area (Å²) in [6.45, 7) is 5.15. The van der Waals surface area contributed by atoms with Gasteiger partial charge in [0, 0.05) is 0 Å². The summed E-state index contributed by atoms with van der Waals surface area (Å²) in [7, 11) is 0. The molecule has 2 nitrogen and oxygen atoms in total. The van der Waals surface area contributed by atoms with Crippen LogP contribution in [0.2, 0.25) is 0 Å². The van der Waals surface area contributed by atoms with Crippen molar-refractivity contribution in [3.05, 3.63) is 12.7 Å². The average molecular weight is 228 g/mol. The molecule has 0 amide bonds. The second-order valence-corrected chi connectivity index (χ2v) is 4.16. The van der Waals surface area contributed by atoms with E-state index in [0.717, 1.165) is 0 Å². The van der Waals surface area contributed by atoms with Gasteiger partial charge in [-0.3, -0.25) is 0 Å². The molecule has 88 valence electrons. The van der Waals surface area contributed by atoms with Gasteiger partial charge >= 0.3 is 0 Å². The Balaban J connectivity index is 2.68. The van der Waals surface area contributed by atoms with Crippen molar-refractivity contribution in [3.8, 4) is 35.5 Å². The Morgan fingerprint density at radius 2 is 1.53 bits per heavy atom. The van der Waals surface area contributed by atoms with E-state index in [1.807, 2.05) is 0 Å². The number of allylic oxidation sites excluding steroid dienone is 1. The Bertz CT molecular complexity index is 460. The van der Waals surface area contributed by atoms with Gasteiger partial charge in [-0.1, -0.05) is 24.3 Å². The van der Waals surface area contributed by atoms with Gasteiger partial charge in [-0.05, 0) is 50.5 Å². The average Bonchev–Trinajstić information content (AvgIpc) is 2.30. The fraction of sp³-hybridized carbons (Fsp3) is 0.467. The maximum atomic E-state index is 10.1. The van der Waals surface area contributed by atoms with E-state index in [9.17, 15) is 10.2 Å². The Hall–Kier alpha value is -1.66. The van der Waals surface area contributed by atoms with Gasteiger partial charge in [0.2, 0.25) is 0 Å². The summed E-state index contributed by atoms with van der Waals surface area (Å²) in [6, 6.07) is 0. The molecule has 0 unspecified atom stereocenters. The highest BCUT2D eigenvalue weighted by molar-refractivity contribution is 5.33. The van der Waals surface area contributed by atoms with Gasteiger partial charge in [0.1, 0.15) is 11.2 Å². The predicted octanol–water partition coefficient (Wildman–Crippen LogP) is 1.24. The van der Waals surface area contributed by atoms with Crippen molar-refractivity contribution >= 4 is 0 Å². The molecule has 0 aromatic rings. The molecule has 2 N–H and O–H groups in total. The van der Waals surface area contributed by atoms with Crippen molar-refractivity contribution in [2.24, 2.45) is 0 Å². The lowest BCUT2D eigenvalue weighted by molar-refractivity contribution is -0.0219. The van der Waals surface area contributed by atoms with Gasteiger partial charge in [0.25, 0.3) is 0 Å². The minimum atomic E-state index is -1.04. The van der Waals surface area contributed by atoms with Crippen LogP contribution < -0.4 is 0 Å². The topological polar surface area (TPSA) is 40.5 Å². The van der Waals surface area contributed by atoms with E-state index < -0.39 is 11.2 Å². The lowest BCUT2D eigenvalue weighted by atomic mass is 9.76. The van der Waals surface area contributed by atoms with E-state index in [1.54, 1.807) is 6.92 Å². The van der Waals surface area contributed by atoms with Crippen LogP contribution in [-0.4, -0.2) is 21.4 Å².